The zero-order chi connectivity index (χ0) is 12.3. The maximum atomic E-state index is 12.7. The van der Waals surface area contributed by atoms with E-state index >= 15 is 0 Å². The summed E-state index contributed by atoms with van der Waals surface area (Å²) in [5.74, 6) is 0.650. The molecule has 1 unspecified atom stereocenters. The smallest absolute Gasteiger partial charge is 0.146 e. The molecule has 0 aliphatic heterocycles. The lowest BCUT2D eigenvalue weighted by Gasteiger charge is -2.30. The predicted octanol–water partition coefficient (Wildman–Crippen LogP) is 4.11. The molecule has 1 atom stereocenters. The first kappa shape index (κ1) is 12.3. The highest BCUT2D eigenvalue weighted by Crippen LogP contribution is 2.43. The first-order valence-corrected chi connectivity index (χ1v) is 6.80. The lowest BCUT2D eigenvalue weighted by Crippen LogP contribution is -2.36. The average molecular weight is 230 g/mol. The van der Waals surface area contributed by atoms with Crippen molar-refractivity contribution >= 4 is 5.78 Å². The summed E-state index contributed by atoms with van der Waals surface area (Å²) < 4.78 is 0. The summed E-state index contributed by atoms with van der Waals surface area (Å²) in [6, 6.07) is 10.4. The van der Waals surface area contributed by atoms with Gasteiger partial charge in [0.2, 0.25) is 0 Å². The van der Waals surface area contributed by atoms with Crippen molar-refractivity contribution in [2.45, 2.75) is 51.4 Å². The highest BCUT2D eigenvalue weighted by Gasteiger charge is 2.43. The molecule has 1 aromatic rings. The van der Waals surface area contributed by atoms with Crippen LogP contribution in [-0.2, 0) is 10.2 Å². The van der Waals surface area contributed by atoms with Gasteiger partial charge in [-0.3, -0.25) is 4.79 Å². The van der Waals surface area contributed by atoms with Crippen LogP contribution in [0, 0.1) is 5.92 Å². The Morgan fingerprint density at radius 2 is 1.82 bits per heavy atom. The third-order valence-electron chi connectivity index (χ3n) is 4.32. The van der Waals surface area contributed by atoms with Crippen LogP contribution >= 0.6 is 0 Å². The van der Waals surface area contributed by atoms with E-state index in [0.29, 0.717) is 5.78 Å². The fourth-order valence-electron chi connectivity index (χ4n) is 3.07. The van der Waals surface area contributed by atoms with Crippen molar-refractivity contribution in [3.05, 3.63) is 35.9 Å². The molecule has 0 radical (unpaired) electrons. The number of Topliss-reactive ketones (excluding diaryl/α,β-unsaturated/α-hetero) is 1. The van der Waals surface area contributed by atoms with Gasteiger partial charge in [0.25, 0.3) is 0 Å². The maximum absolute atomic E-state index is 12.7. The van der Waals surface area contributed by atoms with E-state index in [0.717, 1.165) is 19.3 Å². The van der Waals surface area contributed by atoms with Gasteiger partial charge in [0.1, 0.15) is 5.78 Å². The van der Waals surface area contributed by atoms with E-state index in [1.807, 2.05) is 6.07 Å². The van der Waals surface area contributed by atoms with E-state index in [-0.39, 0.29) is 11.3 Å². The van der Waals surface area contributed by atoms with Crippen LogP contribution in [0.15, 0.2) is 30.3 Å². The van der Waals surface area contributed by atoms with Crippen molar-refractivity contribution in [2.24, 2.45) is 5.92 Å². The number of ketones is 1. The van der Waals surface area contributed by atoms with Gasteiger partial charge in [0, 0.05) is 5.92 Å². The van der Waals surface area contributed by atoms with Gasteiger partial charge in [-0.25, -0.2) is 0 Å². The molecule has 0 N–H and O–H groups in total. The molecule has 0 aromatic heterocycles. The highest BCUT2D eigenvalue weighted by atomic mass is 16.1. The van der Waals surface area contributed by atoms with Gasteiger partial charge in [0.15, 0.2) is 0 Å². The number of carbonyl (C=O) groups excluding carboxylic acids is 1. The van der Waals surface area contributed by atoms with Crippen LogP contribution in [0.2, 0.25) is 0 Å². The Bertz CT molecular complexity index is 374. The minimum Gasteiger partial charge on any atom is -0.298 e. The lowest BCUT2D eigenvalue weighted by molar-refractivity contribution is -0.128. The van der Waals surface area contributed by atoms with E-state index in [9.17, 15) is 4.79 Å². The Morgan fingerprint density at radius 3 is 2.35 bits per heavy atom. The van der Waals surface area contributed by atoms with Crippen molar-refractivity contribution < 1.29 is 4.79 Å². The predicted molar refractivity (Wildman–Crippen MR) is 71.1 cm³/mol. The summed E-state index contributed by atoms with van der Waals surface area (Å²) in [6.07, 6.45) is 5.42. The molecule has 0 heterocycles. The molecular formula is C16H22O. The molecule has 0 bridgehead atoms. The molecule has 0 amide bonds. The van der Waals surface area contributed by atoms with Crippen LogP contribution in [0.4, 0.5) is 0 Å². The molecule has 1 nitrogen and oxygen atoms in total. The number of hydrogen-bond acceptors (Lipinski definition) is 1. The highest BCUT2D eigenvalue weighted by molar-refractivity contribution is 5.92. The minimum atomic E-state index is -0.170. The number of benzene rings is 1. The summed E-state index contributed by atoms with van der Waals surface area (Å²) in [6.45, 7) is 4.18. The fraction of sp³-hybridized carbons (Fsp3) is 0.562. The van der Waals surface area contributed by atoms with Gasteiger partial charge >= 0.3 is 0 Å². The van der Waals surface area contributed by atoms with Crippen LogP contribution in [0.25, 0.3) is 0 Å². The van der Waals surface area contributed by atoms with Gasteiger partial charge in [-0.15, -0.1) is 0 Å². The van der Waals surface area contributed by atoms with Crippen molar-refractivity contribution in [3.8, 4) is 0 Å². The second-order valence-electron chi connectivity index (χ2n) is 5.33. The van der Waals surface area contributed by atoms with Crippen LogP contribution in [0.3, 0.4) is 0 Å². The van der Waals surface area contributed by atoms with Crippen molar-refractivity contribution in [2.75, 3.05) is 0 Å². The Balaban J connectivity index is 2.37. The van der Waals surface area contributed by atoms with Crippen molar-refractivity contribution in [1.29, 1.82) is 0 Å². The minimum absolute atomic E-state index is 0.170. The molecule has 17 heavy (non-hydrogen) atoms. The first-order valence-electron chi connectivity index (χ1n) is 6.80. The summed E-state index contributed by atoms with van der Waals surface area (Å²) >= 11 is 0. The van der Waals surface area contributed by atoms with E-state index < -0.39 is 0 Å². The van der Waals surface area contributed by atoms with Crippen LogP contribution in [0.5, 0.6) is 0 Å². The fourth-order valence-corrected chi connectivity index (χ4v) is 3.07. The standard InChI is InChI=1S/C16H22O/c1-3-13(2)15(17)16(11-7-8-12-16)14-9-5-4-6-10-14/h4-6,9-10,13H,3,7-8,11-12H2,1-2H3. The topological polar surface area (TPSA) is 17.1 Å². The van der Waals surface area contributed by atoms with E-state index in [2.05, 4.69) is 38.1 Å². The van der Waals surface area contributed by atoms with Gasteiger partial charge < -0.3 is 0 Å². The summed E-state index contributed by atoms with van der Waals surface area (Å²) in [4.78, 5) is 12.7. The summed E-state index contributed by atoms with van der Waals surface area (Å²) in [5.41, 5.74) is 1.07. The third kappa shape index (κ3) is 2.15. The van der Waals surface area contributed by atoms with Crippen LogP contribution in [0.1, 0.15) is 51.5 Å². The second-order valence-corrected chi connectivity index (χ2v) is 5.33. The second kappa shape index (κ2) is 5.03. The Morgan fingerprint density at radius 1 is 1.24 bits per heavy atom. The number of carbonyl (C=O) groups is 1. The zero-order valence-corrected chi connectivity index (χ0v) is 10.9. The lowest BCUT2D eigenvalue weighted by atomic mass is 9.71. The Labute approximate surface area is 104 Å². The Hall–Kier alpha value is -1.11. The van der Waals surface area contributed by atoms with Gasteiger partial charge in [0.05, 0.1) is 5.41 Å². The largest absolute Gasteiger partial charge is 0.298 e. The molecule has 1 fully saturated rings. The molecule has 1 aliphatic rings. The number of rotatable bonds is 4. The maximum Gasteiger partial charge on any atom is 0.146 e. The van der Waals surface area contributed by atoms with Gasteiger partial charge in [-0.2, -0.15) is 0 Å². The van der Waals surface area contributed by atoms with Crippen LogP contribution in [-0.4, -0.2) is 5.78 Å². The van der Waals surface area contributed by atoms with E-state index in [4.69, 9.17) is 0 Å². The molecule has 1 aliphatic carbocycles. The molecule has 1 heteroatoms. The zero-order valence-electron chi connectivity index (χ0n) is 10.9. The van der Waals surface area contributed by atoms with Gasteiger partial charge in [-0.1, -0.05) is 57.0 Å². The SMILES string of the molecule is CCC(C)C(=O)C1(c2ccccc2)CCCC1. The molecule has 1 saturated carbocycles. The molecule has 0 saturated heterocycles. The number of hydrogen-bond donors (Lipinski definition) is 0. The quantitative estimate of drug-likeness (QED) is 0.760. The summed E-state index contributed by atoms with van der Waals surface area (Å²) in [5, 5.41) is 0. The molecule has 1 aromatic carbocycles. The van der Waals surface area contributed by atoms with Crippen molar-refractivity contribution in [1.82, 2.24) is 0 Å². The normalized spacial score (nSPS) is 20.1. The molecule has 2 rings (SSSR count). The van der Waals surface area contributed by atoms with E-state index in [1.54, 1.807) is 0 Å². The first-order chi connectivity index (χ1) is 8.20. The third-order valence-corrected chi connectivity index (χ3v) is 4.32. The van der Waals surface area contributed by atoms with Gasteiger partial charge in [-0.05, 0) is 24.8 Å². The molecule has 0 spiro atoms. The summed E-state index contributed by atoms with van der Waals surface area (Å²) in [7, 11) is 0. The average Bonchev–Trinajstić information content (AvgIpc) is 2.88. The Kier molecular flexibility index (Phi) is 3.66. The van der Waals surface area contributed by atoms with Crippen molar-refractivity contribution in [3.63, 3.8) is 0 Å². The van der Waals surface area contributed by atoms with E-state index in [1.165, 1.54) is 18.4 Å². The monoisotopic (exact) mass is 230 g/mol. The molecular weight excluding hydrogens is 208 g/mol. The van der Waals surface area contributed by atoms with Crippen LogP contribution < -0.4 is 0 Å². The molecule has 92 valence electrons.